The number of amides is 2. The van der Waals surface area contributed by atoms with Crippen LogP contribution in [-0.4, -0.2) is 64.1 Å². The Bertz CT molecular complexity index is 1190. The predicted octanol–water partition coefficient (Wildman–Crippen LogP) is 1.80. The molecule has 1 saturated heterocycles. The van der Waals surface area contributed by atoms with Gasteiger partial charge < -0.3 is 10.2 Å². The molecule has 2 aromatic carbocycles. The number of aromatic nitrogens is 2. The number of nitrogens with zero attached hydrogens (tertiary/aromatic N) is 4. The number of carbonyl (C=O) groups is 2. The highest BCUT2D eigenvalue weighted by molar-refractivity contribution is 5.93. The van der Waals surface area contributed by atoms with Gasteiger partial charge in [0.1, 0.15) is 6.54 Å². The van der Waals surface area contributed by atoms with Gasteiger partial charge in [-0.2, -0.15) is 5.10 Å². The summed E-state index contributed by atoms with van der Waals surface area (Å²) < 4.78 is 1.22. The van der Waals surface area contributed by atoms with Crippen LogP contribution in [0.4, 0.5) is 5.69 Å². The van der Waals surface area contributed by atoms with Crippen LogP contribution in [0.2, 0.25) is 0 Å². The van der Waals surface area contributed by atoms with Crippen LogP contribution >= 0.6 is 0 Å². The van der Waals surface area contributed by atoms with E-state index in [-0.39, 0.29) is 30.5 Å². The molecule has 0 radical (unpaired) electrons. The van der Waals surface area contributed by atoms with E-state index in [0.717, 1.165) is 22.2 Å². The molecule has 0 aliphatic carbocycles. The smallest absolute Gasteiger partial charge is 0.275 e. The molecule has 1 aliphatic heterocycles. The van der Waals surface area contributed by atoms with Crippen molar-refractivity contribution in [3.05, 3.63) is 70.1 Å². The molecule has 4 rings (SSSR count). The Labute approximate surface area is 186 Å². The van der Waals surface area contributed by atoms with Gasteiger partial charge in [-0.3, -0.25) is 19.3 Å². The number of para-hydroxylation sites is 1. The first kappa shape index (κ1) is 21.7. The number of hydrogen-bond donors (Lipinski definition) is 1. The summed E-state index contributed by atoms with van der Waals surface area (Å²) >= 11 is 0. The normalized spacial score (nSPS) is 14.5. The topological polar surface area (TPSA) is 87.5 Å². The second kappa shape index (κ2) is 9.32. The van der Waals surface area contributed by atoms with Gasteiger partial charge in [0.05, 0.1) is 18.1 Å². The predicted molar refractivity (Wildman–Crippen MR) is 124 cm³/mol. The zero-order chi connectivity index (χ0) is 22.7. The molecule has 2 amide bonds. The van der Waals surface area contributed by atoms with Crippen molar-refractivity contribution in [2.45, 2.75) is 20.4 Å². The van der Waals surface area contributed by atoms with E-state index in [1.165, 1.54) is 4.68 Å². The van der Waals surface area contributed by atoms with Crippen molar-refractivity contribution in [1.82, 2.24) is 19.6 Å². The number of benzene rings is 2. The Morgan fingerprint density at radius 1 is 0.938 bits per heavy atom. The molecule has 32 heavy (non-hydrogen) atoms. The van der Waals surface area contributed by atoms with E-state index in [0.29, 0.717) is 31.6 Å². The minimum absolute atomic E-state index is 0.0610. The van der Waals surface area contributed by atoms with E-state index in [4.69, 9.17) is 0 Å². The van der Waals surface area contributed by atoms with E-state index in [1.54, 1.807) is 23.2 Å². The maximum atomic E-state index is 12.7. The Kier molecular flexibility index (Phi) is 6.32. The van der Waals surface area contributed by atoms with Gasteiger partial charge in [0.25, 0.3) is 5.56 Å². The Hall–Kier alpha value is -3.52. The molecule has 1 N–H and O–H groups in total. The van der Waals surface area contributed by atoms with E-state index >= 15 is 0 Å². The molecule has 1 aromatic heterocycles. The Balaban J connectivity index is 1.31. The third-order valence-corrected chi connectivity index (χ3v) is 5.88. The summed E-state index contributed by atoms with van der Waals surface area (Å²) in [5, 5.41) is 8.46. The van der Waals surface area contributed by atoms with Crippen LogP contribution in [-0.2, 0) is 16.1 Å². The van der Waals surface area contributed by atoms with Crippen LogP contribution < -0.4 is 10.9 Å². The maximum Gasteiger partial charge on any atom is 0.275 e. The van der Waals surface area contributed by atoms with Crippen molar-refractivity contribution >= 4 is 28.3 Å². The van der Waals surface area contributed by atoms with Gasteiger partial charge in [0, 0.05) is 37.3 Å². The molecule has 8 nitrogen and oxygen atoms in total. The van der Waals surface area contributed by atoms with Crippen molar-refractivity contribution in [2.75, 3.05) is 38.0 Å². The Morgan fingerprint density at radius 3 is 2.34 bits per heavy atom. The monoisotopic (exact) mass is 433 g/mol. The van der Waals surface area contributed by atoms with Crippen molar-refractivity contribution in [3.63, 3.8) is 0 Å². The third-order valence-electron chi connectivity index (χ3n) is 5.88. The standard InChI is InChI=1S/C24H27N5O3/c1-17-6-5-7-18(2)23(17)26-21(30)15-27-10-12-28(13-11-27)22(31)16-29-24(32)20-9-4-3-8-19(20)14-25-29/h3-9,14H,10-13,15-16H2,1-2H3,(H,26,30). The number of rotatable bonds is 5. The molecular weight excluding hydrogens is 406 g/mol. The van der Waals surface area contributed by atoms with Crippen LogP contribution in [0.5, 0.6) is 0 Å². The Morgan fingerprint density at radius 2 is 1.62 bits per heavy atom. The third kappa shape index (κ3) is 4.70. The quantitative estimate of drug-likeness (QED) is 0.663. The van der Waals surface area contributed by atoms with Gasteiger partial charge in [-0.05, 0) is 31.0 Å². The lowest BCUT2D eigenvalue weighted by molar-refractivity contribution is -0.134. The second-order valence-corrected chi connectivity index (χ2v) is 8.17. The largest absolute Gasteiger partial charge is 0.339 e. The van der Waals surface area contributed by atoms with Crippen LogP contribution in [0.15, 0.2) is 53.5 Å². The lowest BCUT2D eigenvalue weighted by atomic mass is 10.1. The van der Waals surface area contributed by atoms with Gasteiger partial charge >= 0.3 is 0 Å². The summed E-state index contributed by atoms with van der Waals surface area (Å²) in [7, 11) is 0. The number of piperazine rings is 1. The first-order valence-corrected chi connectivity index (χ1v) is 10.7. The van der Waals surface area contributed by atoms with E-state index in [2.05, 4.69) is 10.4 Å². The molecular formula is C24H27N5O3. The first-order chi connectivity index (χ1) is 15.4. The fraction of sp³-hybridized carbons (Fsp3) is 0.333. The fourth-order valence-electron chi connectivity index (χ4n) is 4.02. The lowest BCUT2D eigenvalue weighted by Crippen LogP contribution is -2.51. The minimum atomic E-state index is -0.266. The van der Waals surface area contributed by atoms with Gasteiger partial charge in [-0.25, -0.2) is 4.68 Å². The molecule has 0 spiro atoms. The van der Waals surface area contributed by atoms with E-state index in [1.807, 2.05) is 49.1 Å². The number of anilines is 1. The zero-order valence-corrected chi connectivity index (χ0v) is 18.4. The zero-order valence-electron chi connectivity index (χ0n) is 18.4. The van der Waals surface area contributed by atoms with E-state index < -0.39 is 0 Å². The van der Waals surface area contributed by atoms with Crippen LogP contribution in [0.25, 0.3) is 10.8 Å². The van der Waals surface area contributed by atoms with Gasteiger partial charge in [-0.1, -0.05) is 36.4 Å². The second-order valence-electron chi connectivity index (χ2n) is 8.17. The molecule has 166 valence electrons. The summed E-state index contributed by atoms with van der Waals surface area (Å²) in [5.41, 5.74) is 2.66. The molecule has 0 saturated carbocycles. The van der Waals surface area contributed by atoms with Crippen molar-refractivity contribution in [2.24, 2.45) is 0 Å². The fourth-order valence-corrected chi connectivity index (χ4v) is 4.02. The average Bonchev–Trinajstić information content (AvgIpc) is 2.79. The number of nitrogens with one attached hydrogen (secondary N) is 1. The number of aryl methyl sites for hydroxylation is 2. The van der Waals surface area contributed by atoms with Crippen LogP contribution in [0, 0.1) is 13.8 Å². The van der Waals surface area contributed by atoms with Crippen molar-refractivity contribution in [3.8, 4) is 0 Å². The SMILES string of the molecule is Cc1cccc(C)c1NC(=O)CN1CCN(C(=O)Cn2ncc3ccccc3c2=O)CC1. The van der Waals surface area contributed by atoms with Crippen LogP contribution in [0.3, 0.4) is 0 Å². The molecule has 0 bridgehead atoms. The molecule has 1 fully saturated rings. The number of fused-ring (bicyclic) bond motifs is 1. The summed E-state index contributed by atoms with van der Waals surface area (Å²) in [6.07, 6.45) is 1.61. The lowest BCUT2D eigenvalue weighted by Gasteiger charge is -2.34. The highest BCUT2D eigenvalue weighted by atomic mass is 16.2. The summed E-state index contributed by atoms with van der Waals surface area (Å²) in [6.45, 7) is 6.37. The molecule has 3 aromatic rings. The molecule has 0 unspecified atom stereocenters. The highest BCUT2D eigenvalue weighted by Crippen LogP contribution is 2.19. The molecule has 8 heteroatoms. The summed E-state index contributed by atoms with van der Waals surface area (Å²) in [4.78, 5) is 41.6. The first-order valence-electron chi connectivity index (χ1n) is 10.7. The molecule has 2 heterocycles. The summed E-state index contributed by atoms with van der Waals surface area (Å²) in [6, 6.07) is 13.1. The van der Waals surface area contributed by atoms with Gasteiger partial charge in [0.15, 0.2) is 0 Å². The maximum absolute atomic E-state index is 12.7. The highest BCUT2D eigenvalue weighted by Gasteiger charge is 2.23. The summed E-state index contributed by atoms with van der Waals surface area (Å²) in [5.74, 6) is -0.205. The molecule has 0 atom stereocenters. The van der Waals surface area contributed by atoms with E-state index in [9.17, 15) is 14.4 Å². The molecule has 1 aliphatic rings. The number of carbonyl (C=O) groups excluding carboxylic acids is 2. The van der Waals surface area contributed by atoms with Gasteiger partial charge in [0.2, 0.25) is 11.8 Å². The van der Waals surface area contributed by atoms with Gasteiger partial charge in [-0.15, -0.1) is 0 Å². The van der Waals surface area contributed by atoms with Crippen molar-refractivity contribution in [1.29, 1.82) is 0 Å². The average molecular weight is 434 g/mol. The minimum Gasteiger partial charge on any atom is -0.339 e. The number of hydrogen-bond acceptors (Lipinski definition) is 5. The van der Waals surface area contributed by atoms with Crippen LogP contribution in [0.1, 0.15) is 11.1 Å². The van der Waals surface area contributed by atoms with Crippen molar-refractivity contribution < 1.29 is 9.59 Å².